The molecule has 156 valence electrons. The molecule has 0 unspecified atom stereocenters. The summed E-state index contributed by atoms with van der Waals surface area (Å²) in [5.41, 5.74) is 1.75. The van der Waals surface area contributed by atoms with Crippen LogP contribution in [0.3, 0.4) is 0 Å². The van der Waals surface area contributed by atoms with E-state index in [1.807, 2.05) is 0 Å². The number of esters is 1. The first kappa shape index (κ1) is 21.2. The first-order chi connectivity index (χ1) is 14.4. The zero-order valence-electron chi connectivity index (χ0n) is 16.6. The van der Waals surface area contributed by atoms with E-state index >= 15 is 0 Å². The Hall–Kier alpha value is -3.52. The summed E-state index contributed by atoms with van der Waals surface area (Å²) < 4.78 is 22.8. The fourth-order valence-electron chi connectivity index (χ4n) is 3.07. The molecule has 7 nitrogen and oxygen atoms in total. The first-order valence-corrected chi connectivity index (χ1v) is 9.19. The van der Waals surface area contributed by atoms with Crippen molar-refractivity contribution in [3.8, 4) is 5.75 Å². The lowest BCUT2D eigenvalue weighted by molar-refractivity contribution is 0.0597. The molecule has 0 radical (unpaired) electrons. The van der Waals surface area contributed by atoms with Gasteiger partial charge in [0.05, 0.1) is 13.7 Å². The lowest BCUT2D eigenvalue weighted by Gasteiger charge is -2.13. The van der Waals surface area contributed by atoms with E-state index < -0.39 is 11.9 Å². The Morgan fingerprint density at radius 3 is 2.50 bits per heavy atom. The number of carbonyl (C=O) groups is 2. The fourth-order valence-corrected chi connectivity index (χ4v) is 3.07. The van der Waals surface area contributed by atoms with Gasteiger partial charge in [-0.1, -0.05) is 12.1 Å². The minimum absolute atomic E-state index is 0.109. The van der Waals surface area contributed by atoms with Gasteiger partial charge in [0.25, 0.3) is 5.91 Å². The number of ether oxygens (including phenoxy) is 2. The van der Waals surface area contributed by atoms with Crippen LogP contribution in [-0.4, -0.2) is 49.3 Å². The van der Waals surface area contributed by atoms with Crippen molar-refractivity contribution in [3.05, 3.63) is 70.7 Å². The van der Waals surface area contributed by atoms with E-state index in [2.05, 4.69) is 10.3 Å². The molecule has 0 aliphatic rings. The Morgan fingerprint density at radius 2 is 1.83 bits per heavy atom. The summed E-state index contributed by atoms with van der Waals surface area (Å²) in [7, 11) is 2.70. The number of pyridine rings is 1. The van der Waals surface area contributed by atoms with Gasteiger partial charge in [-0.25, -0.2) is 9.18 Å². The highest BCUT2D eigenvalue weighted by Gasteiger charge is 2.22. The van der Waals surface area contributed by atoms with Crippen molar-refractivity contribution in [2.45, 2.75) is 6.42 Å². The Morgan fingerprint density at radius 1 is 1.10 bits per heavy atom. The van der Waals surface area contributed by atoms with Gasteiger partial charge in [0.1, 0.15) is 16.9 Å². The molecule has 0 atom stereocenters. The quantitative estimate of drug-likeness (QED) is 0.458. The predicted molar refractivity (Wildman–Crippen MR) is 108 cm³/mol. The molecule has 2 N–H and O–H groups in total. The van der Waals surface area contributed by atoms with Crippen LogP contribution in [0.15, 0.2) is 42.6 Å². The van der Waals surface area contributed by atoms with Gasteiger partial charge in [-0.05, 0) is 41.8 Å². The van der Waals surface area contributed by atoms with Crippen molar-refractivity contribution in [2.75, 3.05) is 27.4 Å². The number of aromatic nitrogens is 1. The molecular formula is C22H21FN2O5. The number of nitrogens with one attached hydrogen (secondary N) is 1. The Labute approximate surface area is 172 Å². The van der Waals surface area contributed by atoms with Gasteiger partial charge in [-0.15, -0.1) is 0 Å². The monoisotopic (exact) mass is 412 g/mol. The highest BCUT2D eigenvalue weighted by Crippen LogP contribution is 2.32. The lowest BCUT2D eigenvalue weighted by Crippen LogP contribution is -2.27. The van der Waals surface area contributed by atoms with Crippen LogP contribution in [-0.2, 0) is 15.9 Å². The third-order valence-electron chi connectivity index (χ3n) is 4.57. The van der Waals surface area contributed by atoms with Crippen LogP contribution in [0.25, 0.3) is 10.9 Å². The molecule has 0 spiro atoms. The van der Waals surface area contributed by atoms with E-state index in [0.717, 1.165) is 11.1 Å². The van der Waals surface area contributed by atoms with Crippen LogP contribution >= 0.6 is 0 Å². The molecule has 2 aromatic carbocycles. The van der Waals surface area contributed by atoms with Crippen molar-refractivity contribution < 1.29 is 28.6 Å². The fraction of sp³-hybridized carbons (Fsp3) is 0.227. The number of nitrogens with zero attached hydrogens (tertiary/aromatic N) is 1. The predicted octanol–water partition coefficient (Wildman–Crippen LogP) is 2.83. The first-order valence-electron chi connectivity index (χ1n) is 9.19. The van der Waals surface area contributed by atoms with Crippen LogP contribution in [0.4, 0.5) is 4.39 Å². The van der Waals surface area contributed by atoms with Crippen molar-refractivity contribution in [1.82, 2.24) is 10.3 Å². The summed E-state index contributed by atoms with van der Waals surface area (Å²) in [4.78, 5) is 29.1. The molecule has 0 fully saturated rings. The number of methoxy groups -OCH3 is 2. The average Bonchev–Trinajstić information content (AvgIpc) is 2.75. The van der Waals surface area contributed by atoms with Gasteiger partial charge in [0.15, 0.2) is 5.75 Å². The lowest BCUT2D eigenvalue weighted by atomic mass is 9.98. The molecule has 3 rings (SSSR count). The number of amides is 1. The number of phenols is 1. The maximum Gasteiger partial charge on any atom is 0.341 e. The highest BCUT2D eigenvalue weighted by atomic mass is 19.1. The second kappa shape index (κ2) is 9.32. The van der Waals surface area contributed by atoms with Crippen molar-refractivity contribution >= 4 is 22.8 Å². The van der Waals surface area contributed by atoms with Gasteiger partial charge < -0.3 is 19.9 Å². The minimum atomic E-state index is -0.780. The second-order valence-electron chi connectivity index (χ2n) is 6.60. The van der Waals surface area contributed by atoms with E-state index in [4.69, 9.17) is 9.47 Å². The summed E-state index contributed by atoms with van der Waals surface area (Å²) in [5.74, 6) is -1.91. The summed E-state index contributed by atoms with van der Waals surface area (Å²) >= 11 is 0. The van der Waals surface area contributed by atoms with Gasteiger partial charge in [0.2, 0.25) is 0 Å². The molecule has 1 heterocycles. The molecule has 0 saturated heterocycles. The summed E-state index contributed by atoms with van der Waals surface area (Å²) in [6.45, 7) is 0.591. The van der Waals surface area contributed by atoms with Crippen molar-refractivity contribution in [3.63, 3.8) is 0 Å². The van der Waals surface area contributed by atoms with E-state index in [-0.39, 0.29) is 34.8 Å². The highest BCUT2D eigenvalue weighted by molar-refractivity contribution is 6.11. The maximum atomic E-state index is 13.1. The van der Waals surface area contributed by atoms with Gasteiger partial charge in [-0.3, -0.25) is 9.78 Å². The van der Waals surface area contributed by atoms with Gasteiger partial charge in [-0.2, -0.15) is 0 Å². The van der Waals surface area contributed by atoms with Crippen LogP contribution in [0, 0.1) is 5.82 Å². The number of phenolic OH excluding ortho intramolecular Hbond substituents is 1. The van der Waals surface area contributed by atoms with Crippen molar-refractivity contribution in [1.29, 1.82) is 0 Å². The van der Waals surface area contributed by atoms with Crippen LogP contribution < -0.4 is 5.32 Å². The molecular weight excluding hydrogens is 391 g/mol. The number of hydrogen-bond acceptors (Lipinski definition) is 6. The van der Waals surface area contributed by atoms with E-state index in [0.29, 0.717) is 18.4 Å². The Kier molecular flexibility index (Phi) is 6.58. The molecule has 0 aliphatic heterocycles. The Balaban J connectivity index is 2.08. The molecule has 0 aliphatic carbocycles. The number of aromatic hydroxyl groups is 1. The Bertz CT molecular complexity index is 1080. The van der Waals surface area contributed by atoms with Gasteiger partial charge >= 0.3 is 5.97 Å². The van der Waals surface area contributed by atoms with E-state index in [1.165, 1.54) is 32.4 Å². The molecule has 1 amide bonds. The third kappa shape index (κ3) is 4.55. The number of fused-ring (bicyclic) bond motifs is 1. The molecule has 1 aromatic heterocycles. The van der Waals surface area contributed by atoms with Crippen LogP contribution in [0.5, 0.6) is 5.75 Å². The topological polar surface area (TPSA) is 97.8 Å². The van der Waals surface area contributed by atoms with E-state index in [9.17, 15) is 19.1 Å². The molecule has 3 aromatic rings. The number of halogens is 1. The maximum absolute atomic E-state index is 13.1. The van der Waals surface area contributed by atoms with Gasteiger partial charge in [0, 0.05) is 30.8 Å². The number of carbonyl (C=O) groups excluding carboxylic acids is 2. The minimum Gasteiger partial charge on any atom is -0.505 e. The smallest absolute Gasteiger partial charge is 0.341 e. The molecule has 0 bridgehead atoms. The second-order valence-corrected chi connectivity index (χ2v) is 6.60. The largest absolute Gasteiger partial charge is 0.505 e. The molecule has 0 saturated carbocycles. The SMILES string of the molecule is COCCNC(=O)c1cc(C(=O)OC)c(O)c2ncc(Cc3ccc(F)cc3)cc12. The van der Waals surface area contributed by atoms with Crippen molar-refractivity contribution in [2.24, 2.45) is 0 Å². The third-order valence-corrected chi connectivity index (χ3v) is 4.57. The standard InChI is InChI=1S/C22H21FN2O5/c1-29-8-7-24-21(27)17-11-18(22(28)30-2)20(26)19-16(17)10-14(12-25-19)9-13-3-5-15(23)6-4-13/h3-6,10-12,26H,7-9H2,1-2H3,(H,24,27). The number of benzene rings is 2. The normalized spacial score (nSPS) is 10.8. The number of rotatable bonds is 7. The number of hydrogen-bond donors (Lipinski definition) is 2. The van der Waals surface area contributed by atoms with Crippen LogP contribution in [0.1, 0.15) is 31.8 Å². The summed E-state index contributed by atoms with van der Waals surface area (Å²) in [6, 6.07) is 9.07. The zero-order chi connectivity index (χ0) is 21.7. The van der Waals surface area contributed by atoms with Crippen LogP contribution in [0.2, 0.25) is 0 Å². The molecule has 8 heteroatoms. The molecule has 30 heavy (non-hydrogen) atoms. The average molecular weight is 412 g/mol. The zero-order valence-corrected chi connectivity index (χ0v) is 16.6. The summed E-state index contributed by atoms with van der Waals surface area (Å²) in [5, 5.41) is 13.6. The summed E-state index contributed by atoms with van der Waals surface area (Å²) in [6.07, 6.45) is 1.99. The van der Waals surface area contributed by atoms with E-state index in [1.54, 1.807) is 24.4 Å².